The Bertz CT molecular complexity index is 458. The molecule has 5 heteroatoms. The van der Waals surface area contributed by atoms with Gasteiger partial charge in [0.1, 0.15) is 0 Å². The van der Waals surface area contributed by atoms with Crippen LogP contribution in [0.4, 0.5) is 5.69 Å². The van der Waals surface area contributed by atoms with E-state index in [1.807, 2.05) is 24.3 Å². The zero-order valence-electron chi connectivity index (χ0n) is 11.0. The van der Waals surface area contributed by atoms with Gasteiger partial charge < -0.3 is 20.8 Å². The summed E-state index contributed by atoms with van der Waals surface area (Å²) >= 11 is 0. The van der Waals surface area contributed by atoms with Gasteiger partial charge in [0.15, 0.2) is 0 Å². The first-order valence-corrected chi connectivity index (χ1v) is 6.46. The molecule has 1 aromatic rings. The molecule has 4 N–H and O–H groups in total. The fourth-order valence-corrected chi connectivity index (χ4v) is 2.25. The highest BCUT2D eigenvalue weighted by Crippen LogP contribution is 2.31. The maximum absolute atomic E-state index is 12.3. The Morgan fingerprint density at radius 2 is 2.11 bits per heavy atom. The molecule has 0 spiro atoms. The molecule has 1 unspecified atom stereocenters. The summed E-state index contributed by atoms with van der Waals surface area (Å²) in [7, 11) is 0. The quantitative estimate of drug-likeness (QED) is 0.636. The molecular weight excluding hydrogens is 244 g/mol. The molecule has 1 amide bonds. The summed E-state index contributed by atoms with van der Waals surface area (Å²) in [4.78, 5) is 12.3. The minimum absolute atomic E-state index is 0.153. The van der Waals surface area contributed by atoms with Crippen LogP contribution in [0.25, 0.3) is 0 Å². The van der Waals surface area contributed by atoms with Crippen molar-refractivity contribution in [3.63, 3.8) is 0 Å². The fraction of sp³-hybridized carbons (Fsp3) is 0.500. The third kappa shape index (κ3) is 2.88. The van der Waals surface area contributed by atoms with Crippen molar-refractivity contribution in [2.24, 2.45) is 0 Å². The fourth-order valence-electron chi connectivity index (χ4n) is 2.25. The molecule has 0 radical (unpaired) electrons. The second-order valence-electron chi connectivity index (χ2n) is 5.22. The van der Waals surface area contributed by atoms with Crippen LogP contribution in [0.5, 0.6) is 0 Å². The van der Waals surface area contributed by atoms with E-state index in [1.165, 1.54) is 0 Å². The number of anilines is 1. The highest BCUT2D eigenvalue weighted by Gasteiger charge is 2.31. The van der Waals surface area contributed by atoms with Crippen LogP contribution in [0.1, 0.15) is 24.8 Å². The van der Waals surface area contributed by atoms with E-state index in [1.54, 1.807) is 6.92 Å². The number of aliphatic hydroxyl groups excluding tert-OH is 2. The minimum atomic E-state index is -0.975. The number of fused-ring (bicyclic) bond motifs is 1. The molecule has 2 rings (SSSR count). The Hall–Kier alpha value is -1.59. The summed E-state index contributed by atoms with van der Waals surface area (Å²) in [5.74, 6) is -0.394. The van der Waals surface area contributed by atoms with E-state index in [0.717, 1.165) is 17.8 Å². The highest BCUT2D eigenvalue weighted by atomic mass is 16.3. The molecule has 0 saturated heterocycles. The number of hydrogen-bond donors (Lipinski definition) is 4. The number of rotatable bonds is 4. The normalized spacial score (nSPS) is 18.4. The largest absolute Gasteiger partial charge is 0.394 e. The van der Waals surface area contributed by atoms with Gasteiger partial charge in [-0.15, -0.1) is 0 Å². The summed E-state index contributed by atoms with van der Waals surface area (Å²) < 4.78 is 0. The van der Waals surface area contributed by atoms with Crippen molar-refractivity contribution in [2.75, 3.05) is 25.1 Å². The van der Waals surface area contributed by atoms with Crippen molar-refractivity contribution in [3.8, 4) is 0 Å². The number of carbonyl (C=O) groups excluding carboxylic acids is 1. The average Bonchev–Trinajstić information content (AvgIpc) is 2.46. The van der Waals surface area contributed by atoms with Gasteiger partial charge in [0.05, 0.1) is 24.7 Å². The molecule has 5 nitrogen and oxygen atoms in total. The van der Waals surface area contributed by atoms with Crippen molar-refractivity contribution in [1.29, 1.82) is 0 Å². The number of amides is 1. The molecule has 0 aliphatic carbocycles. The lowest BCUT2D eigenvalue weighted by molar-refractivity contribution is -0.125. The van der Waals surface area contributed by atoms with Gasteiger partial charge in [-0.2, -0.15) is 0 Å². The number of aliphatic hydroxyl groups is 2. The summed E-state index contributed by atoms with van der Waals surface area (Å²) in [6.45, 7) is 1.78. The van der Waals surface area contributed by atoms with E-state index in [9.17, 15) is 15.0 Å². The molecular formula is C14H20N2O3. The SMILES string of the molecule is CC(CO)(CO)NC(=O)C1CCNc2ccccc21. The first-order chi connectivity index (χ1) is 9.09. The number of carbonyl (C=O) groups is 1. The van der Waals surface area contributed by atoms with Gasteiger partial charge in [-0.25, -0.2) is 0 Å². The lowest BCUT2D eigenvalue weighted by Gasteiger charge is -2.31. The van der Waals surface area contributed by atoms with Crippen LogP contribution in [0, 0.1) is 0 Å². The minimum Gasteiger partial charge on any atom is -0.394 e. The van der Waals surface area contributed by atoms with Crippen molar-refractivity contribution in [2.45, 2.75) is 24.8 Å². The monoisotopic (exact) mass is 264 g/mol. The molecule has 0 bridgehead atoms. The van der Waals surface area contributed by atoms with Gasteiger partial charge >= 0.3 is 0 Å². The molecule has 0 aromatic heterocycles. The van der Waals surface area contributed by atoms with E-state index in [0.29, 0.717) is 6.42 Å². The van der Waals surface area contributed by atoms with Crippen molar-refractivity contribution >= 4 is 11.6 Å². The Balaban J connectivity index is 2.17. The molecule has 0 fully saturated rings. The van der Waals surface area contributed by atoms with E-state index in [4.69, 9.17) is 0 Å². The molecule has 1 heterocycles. The van der Waals surface area contributed by atoms with Crippen LogP contribution < -0.4 is 10.6 Å². The zero-order chi connectivity index (χ0) is 13.9. The predicted molar refractivity (Wildman–Crippen MR) is 73.0 cm³/mol. The van der Waals surface area contributed by atoms with Gasteiger partial charge in [0.25, 0.3) is 0 Å². The molecule has 0 saturated carbocycles. The smallest absolute Gasteiger partial charge is 0.228 e. The van der Waals surface area contributed by atoms with E-state index < -0.39 is 5.54 Å². The first-order valence-electron chi connectivity index (χ1n) is 6.46. The number of benzene rings is 1. The van der Waals surface area contributed by atoms with Crippen molar-refractivity contribution in [1.82, 2.24) is 5.32 Å². The molecule has 19 heavy (non-hydrogen) atoms. The van der Waals surface area contributed by atoms with Gasteiger partial charge in [0, 0.05) is 12.2 Å². The molecule has 1 atom stereocenters. The van der Waals surface area contributed by atoms with E-state index in [-0.39, 0.29) is 25.0 Å². The maximum Gasteiger partial charge on any atom is 0.228 e. The third-order valence-electron chi connectivity index (χ3n) is 3.52. The van der Waals surface area contributed by atoms with Gasteiger partial charge in [-0.1, -0.05) is 18.2 Å². The number of para-hydroxylation sites is 1. The molecule has 1 aromatic carbocycles. The van der Waals surface area contributed by atoms with Gasteiger partial charge in [-0.05, 0) is 25.0 Å². The topological polar surface area (TPSA) is 81.6 Å². The van der Waals surface area contributed by atoms with Crippen LogP contribution in [-0.4, -0.2) is 41.4 Å². The van der Waals surface area contributed by atoms with Crippen molar-refractivity contribution < 1.29 is 15.0 Å². The Labute approximate surface area is 112 Å². The van der Waals surface area contributed by atoms with Crippen molar-refractivity contribution in [3.05, 3.63) is 29.8 Å². The number of nitrogens with one attached hydrogen (secondary N) is 2. The van der Waals surface area contributed by atoms with E-state index >= 15 is 0 Å². The lowest BCUT2D eigenvalue weighted by atomic mass is 9.89. The van der Waals surface area contributed by atoms with Crippen LogP contribution in [0.2, 0.25) is 0 Å². The summed E-state index contributed by atoms with van der Waals surface area (Å²) in [6, 6.07) is 7.72. The maximum atomic E-state index is 12.3. The Morgan fingerprint density at radius 1 is 1.42 bits per heavy atom. The second-order valence-corrected chi connectivity index (χ2v) is 5.22. The summed E-state index contributed by atoms with van der Waals surface area (Å²) in [5, 5.41) is 24.5. The van der Waals surface area contributed by atoms with Gasteiger partial charge in [0.2, 0.25) is 5.91 Å². The third-order valence-corrected chi connectivity index (χ3v) is 3.52. The first kappa shape index (κ1) is 13.8. The highest BCUT2D eigenvalue weighted by molar-refractivity contribution is 5.86. The van der Waals surface area contributed by atoms with Crippen LogP contribution in [-0.2, 0) is 4.79 Å². The Morgan fingerprint density at radius 3 is 2.79 bits per heavy atom. The van der Waals surface area contributed by atoms with Crippen LogP contribution in [0.15, 0.2) is 24.3 Å². The molecule has 104 valence electrons. The molecule has 1 aliphatic heterocycles. The Kier molecular flexibility index (Phi) is 4.07. The van der Waals surface area contributed by atoms with Crippen LogP contribution in [0.3, 0.4) is 0 Å². The number of hydrogen-bond acceptors (Lipinski definition) is 4. The average molecular weight is 264 g/mol. The van der Waals surface area contributed by atoms with Crippen LogP contribution >= 0.6 is 0 Å². The standard InChI is InChI=1S/C14H20N2O3/c1-14(8-17,9-18)16-13(19)11-6-7-15-12-5-3-2-4-10(11)12/h2-5,11,15,17-18H,6-9H2,1H3,(H,16,19). The second kappa shape index (κ2) is 5.59. The van der Waals surface area contributed by atoms with Gasteiger partial charge in [-0.3, -0.25) is 4.79 Å². The lowest BCUT2D eigenvalue weighted by Crippen LogP contribution is -2.53. The molecule has 1 aliphatic rings. The predicted octanol–water partition coefficient (Wildman–Crippen LogP) is 0.445. The van der Waals surface area contributed by atoms with E-state index in [2.05, 4.69) is 10.6 Å². The summed E-state index contributed by atoms with van der Waals surface area (Å²) in [6.07, 6.45) is 0.704. The zero-order valence-corrected chi connectivity index (χ0v) is 11.0. The summed E-state index contributed by atoms with van der Waals surface area (Å²) in [5.41, 5.74) is 0.963.